The molecule has 1 atom stereocenters. The van der Waals surface area contributed by atoms with E-state index in [0.717, 1.165) is 22.7 Å². The van der Waals surface area contributed by atoms with Crippen molar-refractivity contribution in [3.8, 4) is 5.75 Å². The Kier molecular flexibility index (Phi) is 7.10. The van der Waals surface area contributed by atoms with Gasteiger partial charge in [0.2, 0.25) is 0 Å². The van der Waals surface area contributed by atoms with E-state index < -0.39 is 7.28 Å². The summed E-state index contributed by atoms with van der Waals surface area (Å²) in [4.78, 5) is 0. The molecule has 0 unspecified atom stereocenters. The number of nitrogens with zero attached hydrogens (tertiary/aromatic N) is 1. The van der Waals surface area contributed by atoms with Gasteiger partial charge >= 0.3 is 0 Å². The number of hydrogen-bond donors (Lipinski definition) is 0. The highest BCUT2D eigenvalue weighted by Gasteiger charge is 2.40. The molecule has 26 heavy (non-hydrogen) atoms. The number of benzene rings is 1. The monoisotopic (exact) mass is 379 g/mol. The molecule has 0 aliphatic carbocycles. The van der Waals surface area contributed by atoms with Gasteiger partial charge in [-0.1, -0.05) is 32.9 Å². The number of ether oxygens (including phenoxy) is 2. The average Bonchev–Trinajstić information content (AvgIpc) is 3.03. The van der Waals surface area contributed by atoms with Crippen LogP contribution < -0.4 is 10.2 Å². The van der Waals surface area contributed by atoms with Crippen LogP contribution in [0.5, 0.6) is 5.75 Å². The van der Waals surface area contributed by atoms with Crippen LogP contribution in [-0.2, 0) is 9.26 Å². The third-order valence-corrected chi connectivity index (χ3v) is 7.69. The van der Waals surface area contributed by atoms with E-state index in [0.29, 0.717) is 19.8 Å². The zero-order valence-corrected chi connectivity index (χ0v) is 17.5. The van der Waals surface area contributed by atoms with Crippen LogP contribution in [0.1, 0.15) is 33.5 Å². The van der Waals surface area contributed by atoms with Crippen LogP contribution in [0, 0.1) is 6.92 Å². The topological polar surface area (TPSA) is 53.2 Å². The summed E-state index contributed by atoms with van der Waals surface area (Å²) in [6.07, 6.45) is 0. The summed E-state index contributed by atoms with van der Waals surface area (Å²) in [5.41, 5.74) is 1.55. The number of methoxy groups -OCH3 is 1. The number of aryl methyl sites for hydroxylation is 1. The first-order valence-corrected chi connectivity index (χ1v) is 10.5. The molecule has 0 aliphatic heterocycles. The zero-order chi connectivity index (χ0) is 19.2. The SMILES string of the molecule is CCOCCO[P@](=Nc1ccccc1OC)(c1ccc(C)o1)C(C)(C)C. The molecule has 144 valence electrons. The first kappa shape index (κ1) is 20.8. The van der Waals surface area contributed by atoms with E-state index in [1.54, 1.807) is 7.11 Å². The Balaban J connectivity index is 2.63. The number of para-hydroxylation sites is 1. The molecule has 0 fully saturated rings. The Bertz CT molecular complexity index is 761. The Hall–Kier alpha value is -1.55. The van der Waals surface area contributed by atoms with Crippen molar-refractivity contribution in [3.05, 3.63) is 42.2 Å². The fourth-order valence-electron chi connectivity index (χ4n) is 2.64. The van der Waals surface area contributed by atoms with Gasteiger partial charge in [0, 0.05) is 11.8 Å². The summed E-state index contributed by atoms with van der Waals surface area (Å²) < 4.78 is 28.6. The third kappa shape index (κ3) is 4.59. The molecule has 0 amide bonds. The lowest BCUT2D eigenvalue weighted by atomic mass is 10.3. The third-order valence-electron chi connectivity index (χ3n) is 3.98. The van der Waals surface area contributed by atoms with E-state index in [2.05, 4.69) is 20.8 Å². The fraction of sp³-hybridized carbons (Fsp3) is 0.500. The van der Waals surface area contributed by atoms with Crippen LogP contribution in [0.15, 0.2) is 45.6 Å². The van der Waals surface area contributed by atoms with Crippen LogP contribution in [-0.4, -0.2) is 32.1 Å². The lowest BCUT2D eigenvalue weighted by Crippen LogP contribution is -2.25. The molecule has 0 radical (unpaired) electrons. The van der Waals surface area contributed by atoms with E-state index in [1.165, 1.54) is 0 Å². The quantitative estimate of drug-likeness (QED) is 0.447. The molecule has 1 aromatic heterocycles. The summed E-state index contributed by atoms with van der Waals surface area (Å²) in [6.45, 7) is 12.0. The Morgan fingerprint density at radius 3 is 2.38 bits per heavy atom. The van der Waals surface area contributed by atoms with Gasteiger partial charge < -0.3 is 18.4 Å². The highest BCUT2D eigenvalue weighted by Crippen LogP contribution is 2.63. The largest absolute Gasteiger partial charge is 0.494 e. The van der Waals surface area contributed by atoms with Crippen molar-refractivity contribution in [2.75, 3.05) is 26.9 Å². The van der Waals surface area contributed by atoms with Crippen LogP contribution in [0.3, 0.4) is 0 Å². The van der Waals surface area contributed by atoms with Crippen molar-refractivity contribution in [2.45, 2.75) is 39.8 Å². The molecule has 0 N–H and O–H groups in total. The molecule has 0 spiro atoms. The molecule has 6 heteroatoms. The number of furan rings is 1. The van der Waals surface area contributed by atoms with E-state index in [1.807, 2.05) is 50.2 Å². The first-order valence-electron chi connectivity index (χ1n) is 8.89. The van der Waals surface area contributed by atoms with Crippen LogP contribution in [0.4, 0.5) is 5.69 Å². The Morgan fingerprint density at radius 1 is 1.08 bits per heavy atom. The second-order valence-corrected chi connectivity index (χ2v) is 10.3. The lowest BCUT2D eigenvalue weighted by molar-refractivity contribution is 0.113. The maximum absolute atomic E-state index is 6.47. The molecule has 0 bridgehead atoms. The van der Waals surface area contributed by atoms with Crippen LogP contribution in [0.2, 0.25) is 0 Å². The normalized spacial score (nSPS) is 14.1. The predicted octanol–water partition coefficient (Wildman–Crippen LogP) is 5.52. The molecule has 2 aromatic rings. The van der Waals surface area contributed by atoms with Crippen molar-refractivity contribution in [1.82, 2.24) is 0 Å². The highest BCUT2D eigenvalue weighted by molar-refractivity contribution is 7.70. The van der Waals surface area contributed by atoms with Gasteiger partial charge in [0.05, 0.1) is 20.3 Å². The second-order valence-electron chi connectivity index (χ2n) is 6.93. The van der Waals surface area contributed by atoms with E-state index >= 15 is 0 Å². The van der Waals surface area contributed by atoms with Crippen LogP contribution >= 0.6 is 7.28 Å². The van der Waals surface area contributed by atoms with Crippen LogP contribution in [0.25, 0.3) is 0 Å². The summed E-state index contributed by atoms with van der Waals surface area (Å²) in [5, 5.41) is -0.260. The molecule has 1 heterocycles. The van der Waals surface area contributed by atoms with E-state index in [-0.39, 0.29) is 5.16 Å². The van der Waals surface area contributed by atoms with Gasteiger partial charge in [0.15, 0.2) is 12.8 Å². The highest BCUT2D eigenvalue weighted by atomic mass is 31.2. The molecule has 0 saturated carbocycles. The standard InChI is InChI=1S/C20H30NO4P/c1-7-23-14-15-24-26(20(3,4)5,19-13-12-16(2)25-19)21-17-10-8-9-11-18(17)22-6/h8-13H,7,14-15H2,1-6H3/t26-/m1/s1. The lowest BCUT2D eigenvalue weighted by Gasteiger charge is -2.35. The van der Waals surface area contributed by atoms with Gasteiger partial charge in [-0.3, -0.25) is 0 Å². The van der Waals surface area contributed by atoms with Gasteiger partial charge in [-0.2, -0.15) is 0 Å². The van der Waals surface area contributed by atoms with Gasteiger partial charge in [-0.05, 0) is 38.1 Å². The summed E-state index contributed by atoms with van der Waals surface area (Å²) in [5.74, 6) is 1.56. The number of rotatable bonds is 8. The zero-order valence-electron chi connectivity index (χ0n) is 16.6. The van der Waals surface area contributed by atoms with Crippen molar-refractivity contribution >= 4 is 18.5 Å². The van der Waals surface area contributed by atoms with Crippen molar-refractivity contribution in [3.63, 3.8) is 0 Å². The van der Waals surface area contributed by atoms with Gasteiger partial charge in [-0.25, -0.2) is 4.74 Å². The smallest absolute Gasteiger partial charge is 0.169 e. The van der Waals surface area contributed by atoms with Crippen molar-refractivity contribution in [2.24, 2.45) is 4.74 Å². The minimum atomic E-state index is -2.52. The molecule has 2 rings (SSSR count). The molecular formula is C20H30NO4P. The second kappa shape index (κ2) is 8.90. The Labute approximate surface area is 156 Å². The minimum absolute atomic E-state index is 0.260. The minimum Gasteiger partial charge on any atom is -0.494 e. The van der Waals surface area contributed by atoms with Crippen molar-refractivity contribution < 1.29 is 18.4 Å². The maximum Gasteiger partial charge on any atom is 0.169 e. The molecule has 1 aromatic carbocycles. The van der Waals surface area contributed by atoms with E-state index in [4.69, 9.17) is 23.2 Å². The maximum atomic E-state index is 6.47. The molecular weight excluding hydrogens is 349 g/mol. The van der Waals surface area contributed by atoms with Gasteiger partial charge in [-0.15, -0.1) is 0 Å². The van der Waals surface area contributed by atoms with Gasteiger partial charge in [0.1, 0.15) is 17.2 Å². The first-order chi connectivity index (χ1) is 12.3. The molecule has 5 nitrogen and oxygen atoms in total. The van der Waals surface area contributed by atoms with Gasteiger partial charge in [0.25, 0.3) is 0 Å². The molecule has 0 saturated heterocycles. The molecule has 0 aliphatic rings. The summed E-state index contributed by atoms with van der Waals surface area (Å²) in [7, 11) is -0.864. The Morgan fingerprint density at radius 2 is 1.81 bits per heavy atom. The van der Waals surface area contributed by atoms with Crippen molar-refractivity contribution in [1.29, 1.82) is 0 Å². The van der Waals surface area contributed by atoms with E-state index in [9.17, 15) is 0 Å². The average molecular weight is 379 g/mol. The summed E-state index contributed by atoms with van der Waals surface area (Å²) >= 11 is 0. The fourth-order valence-corrected chi connectivity index (χ4v) is 5.62. The number of hydrogen-bond acceptors (Lipinski definition) is 5. The predicted molar refractivity (Wildman–Crippen MR) is 107 cm³/mol. The summed E-state index contributed by atoms with van der Waals surface area (Å²) in [6, 6.07) is 11.7.